The van der Waals surface area contributed by atoms with Crippen molar-refractivity contribution in [2.75, 3.05) is 37.7 Å². The molecule has 1 fully saturated rings. The predicted molar refractivity (Wildman–Crippen MR) is 124 cm³/mol. The van der Waals surface area contributed by atoms with E-state index in [2.05, 4.69) is 32.4 Å². The number of aromatic nitrogens is 3. The Morgan fingerprint density at radius 2 is 1.91 bits per heavy atom. The van der Waals surface area contributed by atoms with Crippen molar-refractivity contribution < 1.29 is 9.53 Å². The van der Waals surface area contributed by atoms with Crippen molar-refractivity contribution in [2.24, 2.45) is 0 Å². The number of urea groups is 1. The zero-order valence-electron chi connectivity index (χ0n) is 18.9. The third-order valence-corrected chi connectivity index (χ3v) is 5.56. The first-order valence-corrected chi connectivity index (χ1v) is 11.0. The van der Waals surface area contributed by atoms with Crippen molar-refractivity contribution in [3.05, 3.63) is 65.7 Å². The highest BCUT2D eigenvalue weighted by Gasteiger charge is 2.22. The van der Waals surface area contributed by atoms with Gasteiger partial charge in [-0.3, -0.25) is 0 Å². The highest BCUT2D eigenvalue weighted by molar-refractivity contribution is 5.74. The fraction of sp³-hybridized carbons (Fsp3) is 0.333. The minimum Gasteiger partial charge on any atom is -0.492 e. The molecule has 4 rings (SSSR count). The molecule has 0 atom stereocenters. The lowest BCUT2D eigenvalue weighted by Gasteiger charge is -2.36. The quantitative estimate of drug-likeness (QED) is 0.626. The average molecular weight is 446 g/mol. The maximum Gasteiger partial charge on any atom is 0.317 e. The summed E-state index contributed by atoms with van der Waals surface area (Å²) in [6.07, 6.45) is 1.68. The van der Waals surface area contributed by atoms with Crippen LogP contribution < -0.4 is 15.0 Å². The molecule has 1 aliphatic rings. The lowest BCUT2D eigenvalue weighted by Crippen LogP contribution is -2.51. The summed E-state index contributed by atoms with van der Waals surface area (Å²) in [5, 5.41) is 16.2. The van der Waals surface area contributed by atoms with E-state index in [0.717, 1.165) is 35.8 Å². The number of aryl methyl sites for hydroxylation is 1. The summed E-state index contributed by atoms with van der Waals surface area (Å²) in [5.41, 5.74) is 3.48. The fourth-order valence-electron chi connectivity index (χ4n) is 3.78. The lowest BCUT2D eigenvalue weighted by atomic mass is 10.1. The zero-order chi connectivity index (χ0) is 23.2. The molecule has 1 N–H and O–H groups in total. The summed E-state index contributed by atoms with van der Waals surface area (Å²) < 4.78 is 7.59. The molecular weight excluding hydrogens is 418 g/mol. The van der Waals surface area contributed by atoms with Crippen LogP contribution in [0.1, 0.15) is 23.9 Å². The summed E-state index contributed by atoms with van der Waals surface area (Å²) in [5.74, 6) is 1.46. The molecule has 3 aromatic rings. The van der Waals surface area contributed by atoms with E-state index in [1.54, 1.807) is 23.1 Å². The summed E-state index contributed by atoms with van der Waals surface area (Å²) in [7, 11) is 0. The van der Waals surface area contributed by atoms with E-state index in [1.165, 1.54) is 0 Å². The average Bonchev–Trinajstić information content (AvgIpc) is 3.29. The van der Waals surface area contributed by atoms with Gasteiger partial charge in [-0.25, -0.2) is 14.5 Å². The third kappa shape index (κ3) is 5.23. The number of ether oxygens (including phenoxy) is 1. The van der Waals surface area contributed by atoms with Crippen LogP contribution in [0.3, 0.4) is 0 Å². The van der Waals surface area contributed by atoms with Crippen LogP contribution in [0, 0.1) is 18.3 Å². The Hall–Kier alpha value is -4.06. The molecule has 33 heavy (non-hydrogen) atoms. The first kappa shape index (κ1) is 22.1. The molecule has 0 spiro atoms. The Morgan fingerprint density at radius 3 is 2.55 bits per heavy atom. The van der Waals surface area contributed by atoms with Crippen molar-refractivity contribution in [1.82, 2.24) is 25.0 Å². The van der Waals surface area contributed by atoms with Crippen LogP contribution in [0.25, 0.3) is 5.69 Å². The van der Waals surface area contributed by atoms with Crippen molar-refractivity contribution >= 4 is 11.7 Å². The summed E-state index contributed by atoms with van der Waals surface area (Å²) in [6, 6.07) is 15.3. The van der Waals surface area contributed by atoms with Gasteiger partial charge in [0.25, 0.3) is 0 Å². The van der Waals surface area contributed by atoms with Gasteiger partial charge >= 0.3 is 6.03 Å². The van der Waals surface area contributed by atoms with Crippen molar-refractivity contribution in [1.29, 1.82) is 5.26 Å². The fourth-order valence-corrected chi connectivity index (χ4v) is 3.78. The van der Waals surface area contributed by atoms with E-state index in [-0.39, 0.29) is 6.03 Å². The molecule has 0 radical (unpaired) electrons. The Bertz CT molecular complexity index is 1140. The van der Waals surface area contributed by atoms with E-state index in [9.17, 15) is 4.79 Å². The summed E-state index contributed by atoms with van der Waals surface area (Å²) in [6.45, 7) is 7.53. The standard InChI is InChI=1S/C24H27N7O2/c1-3-33-23-14-21(8-9-22(23)31-17-27-18(2)28-31)29-10-12-30(13-11-29)24(32)26-16-20-6-4-19(15-25)5-7-20/h4-9,14,17H,3,10-13,16H2,1-2H3,(H,26,32). The first-order chi connectivity index (χ1) is 16.1. The summed E-state index contributed by atoms with van der Waals surface area (Å²) in [4.78, 5) is 20.9. The molecular formula is C24H27N7O2. The number of amides is 2. The van der Waals surface area contributed by atoms with Gasteiger partial charge in [0.2, 0.25) is 0 Å². The maximum absolute atomic E-state index is 12.6. The molecule has 1 aliphatic heterocycles. The summed E-state index contributed by atoms with van der Waals surface area (Å²) >= 11 is 0. The topological polar surface area (TPSA) is 99.3 Å². The monoisotopic (exact) mass is 445 g/mol. The predicted octanol–water partition coefficient (Wildman–Crippen LogP) is 2.88. The molecule has 0 unspecified atom stereocenters. The molecule has 170 valence electrons. The lowest BCUT2D eigenvalue weighted by molar-refractivity contribution is 0.194. The number of nitrogens with one attached hydrogen (secondary N) is 1. The number of nitriles is 1. The van der Waals surface area contributed by atoms with E-state index < -0.39 is 0 Å². The van der Waals surface area contributed by atoms with Gasteiger partial charge in [0.15, 0.2) is 0 Å². The van der Waals surface area contributed by atoms with Crippen LogP contribution in [0.15, 0.2) is 48.8 Å². The second kappa shape index (κ2) is 10.0. The number of carbonyl (C=O) groups excluding carboxylic acids is 1. The number of rotatable bonds is 6. The number of nitrogens with zero attached hydrogens (tertiary/aromatic N) is 6. The SMILES string of the molecule is CCOc1cc(N2CCN(C(=O)NCc3ccc(C#N)cc3)CC2)ccc1-n1cnc(C)n1. The first-order valence-electron chi connectivity index (χ1n) is 11.0. The molecule has 0 bridgehead atoms. The Labute approximate surface area is 193 Å². The minimum atomic E-state index is -0.0779. The number of hydrogen-bond acceptors (Lipinski definition) is 6. The van der Waals surface area contributed by atoms with Gasteiger partial charge in [0, 0.05) is 44.5 Å². The second-order valence-corrected chi connectivity index (χ2v) is 7.76. The van der Waals surface area contributed by atoms with Gasteiger partial charge in [-0.2, -0.15) is 10.4 Å². The Balaban J connectivity index is 1.35. The normalized spacial score (nSPS) is 13.5. The van der Waals surface area contributed by atoms with Crippen molar-refractivity contribution in [3.63, 3.8) is 0 Å². The minimum absolute atomic E-state index is 0.0779. The molecule has 2 aromatic carbocycles. The smallest absolute Gasteiger partial charge is 0.317 e. The van der Waals surface area contributed by atoms with Gasteiger partial charge in [-0.05, 0) is 43.7 Å². The molecule has 9 nitrogen and oxygen atoms in total. The van der Waals surface area contributed by atoms with Crippen molar-refractivity contribution in [2.45, 2.75) is 20.4 Å². The van der Waals surface area contributed by atoms with Crippen LogP contribution in [-0.2, 0) is 6.54 Å². The molecule has 0 aliphatic carbocycles. The number of hydrogen-bond donors (Lipinski definition) is 1. The molecule has 9 heteroatoms. The largest absolute Gasteiger partial charge is 0.492 e. The van der Waals surface area contributed by atoms with E-state index >= 15 is 0 Å². The zero-order valence-corrected chi connectivity index (χ0v) is 18.9. The highest BCUT2D eigenvalue weighted by atomic mass is 16.5. The molecule has 0 saturated carbocycles. The highest BCUT2D eigenvalue weighted by Crippen LogP contribution is 2.29. The molecule has 1 saturated heterocycles. The van der Waals surface area contributed by atoms with Crippen LogP contribution >= 0.6 is 0 Å². The Morgan fingerprint density at radius 1 is 1.15 bits per heavy atom. The number of anilines is 1. The Kier molecular flexibility index (Phi) is 6.74. The number of benzene rings is 2. The van der Waals surface area contributed by atoms with Crippen LogP contribution in [0.4, 0.5) is 10.5 Å². The van der Waals surface area contributed by atoms with Crippen LogP contribution in [0.5, 0.6) is 5.75 Å². The van der Waals surface area contributed by atoms with E-state index in [1.807, 2.05) is 43.0 Å². The van der Waals surface area contributed by atoms with Gasteiger partial charge in [-0.1, -0.05) is 12.1 Å². The number of piperazine rings is 1. The number of carbonyl (C=O) groups is 1. The maximum atomic E-state index is 12.6. The second-order valence-electron chi connectivity index (χ2n) is 7.76. The van der Waals surface area contributed by atoms with E-state index in [4.69, 9.17) is 10.00 Å². The van der Waals surface area contributed by atoms with Crippen molar-refractivity contribution in [3.8, 4) is 17.5 Å². The van der Waals surface area contributed by atoms with Gasteiger partial charge in [-0.15, -0.1) is 0 Å². The third-order valence-electron chi connectivity index (χ3n) is 5.56. The van der Waals surface area contributed by atoms with Crippen LogP contribution in [-0.4, -0.2) is 58.5 Å². The molecule has 2 amide bonds. The van der Waals surface area contributed by atoms with Crippen LogP contribution in [0.2, 0.25) is 0 Å². The van der Waals surface area contributed by atoms with Gasteiger partial charge in [0.05, 0.1) is 18.2 Å². The molecule has 1 aromatic heterocycles. The van der Waals surface area contributed by atoms with Gasteiger partial charge < -0.3 is 19.9 Å². The van der Waals surface area contributed by atoms with E-state index in [0.29, 0.717) is 37.6 Å². The van der Waals surface area contributed by atoms with Gasteiger partial charge in [0.1, 0.15) is 23.6 Å². The molecule has 2 heterocycles.